The number of imide groups is 1. The van der Waals surface area contributed by atoms with E-state index in [0.717, 1.165) is 16.2 Å². The van der Waals surface area contributed by atoms with Gasteiger partial charge in [-0.1, -0.05) is 6.07 Å². The molecule has 1 aliphatic rings. The first kappa shape index (κ1) is 15.5. The van der Waals surface area contributed by atoms with Gasteiger partial charge < -0.3 is 4.74 Å². The second-order valence-corrected chi connectivity index (χ2v) is 7.57. The molecule has 1 aliphatic heterocycles. The summed E-state index contributed by atoms with van der Waals surface area (Å²) in [5.74, 6) is -0.782. The van der Waals surface area contributed by atoms with Gasteiger partial charge in [0.05, 0.1) is 23.9 Å². The van der Waals surface area contributed by atoms with Gasteiger partial charge >= 0.3 is 0 Å². The van der Waals surface area contributed by atoms with Crippen molar-refractivity contribution in [2.24, 2.45) is 0 Å². The van der Waals surface area contributed by atoms with Crippen molar-refractivity contribution in [1.29, 1.82) is 0 Å². The maximum absolute atomic E-state index is 12.5. The molecule has 0 bridgehead atoms. The SMILES string of the molecule is COc1ccsc1S(=O)(=O)Nc1cccc2c1C(=O)N(C)C2=O. The average Bonchev–Trinajstić information content (AvgIpc) is 3.08. The second-order valence-electron chi connectivity index (χ2n) is 4.78. The van der Waals surface area contributed by atoms with Crippen LogP contribution in [0, 0.1) is 0 Å². The number of fused-ring (bicyclic) bond motifs is 1. The number of amides is 2. The molecule has 3 rings (SSSR count). The smallest absolute Gasteiger partial charge is 0.275 e. The number of hydrogen-bond donors (Lipinski definition) is 1. The third-order valence-electron chi connectivity index (χ3n) is 3.42. The number of sulfonamides is 1. The Morgan fingerprint density at radius 3 is 2.61 bits per heavy atom. The molecule has 1 N–H and O–H groups in total. The number of thiophene rings is 1. The number of benzene rings is 1. The number of nitrogens with zero attached hydrogens (tertiary/aromatic N) is 1. The van der Waals surface area contributed by atoms with E-state index in [0.29, 0.717) is 0 Å². The van der Waals surface area contributed by atoms with Gasteiger partial charge in [-0.15, -0.1) is 11.3 Å². The van der Waals surface area contributed by atoms with Gasteiger partial charge in [0.25, 0.3) is 21.8 Å². The summed E-state index contributed by atoms with van der Waals surface area (Å²) < 4.78 is 32.4. The predicted molar refractivity (Wildman–Crippen MR) is 84.5 cm³/mol. The van der Waals surface area contributed by atoms with E-state index in [-0.39, 0.29) is 26.8 Å². The van der Waals surface area contributed by atoms with E-state index < -0.39 is 21.8 Å². The molecule has 0 unspecified atom stereocenters. The Morgan fingerprint density at radius 1 is 1.17 bits per heavy atom. The van der Waals surface area contributed by atoms with E-state index in [1.807, 2.05) is 0 Å². The first-order valence-electron chi connectivity index (χ1n) is 6.46. The Morgan fingerprint density at radius 2 is 1.91 bits per heavy atom. The largest absolute Gasteiger partial charge is 0.494 e. The topological polar surface area (TPSA) is 92.8 Å². The summed E-state index contributed by atoms with van der Waals surface area (Å²) >= 11 is 0.998. The number of ether oxygens (including phenoxy) is 1. The number of hydrogen-bond acceptors (Lipinski definition) is 6. The minimum atomic E-state index is -3.93. The minimum Gasteiger partial charge on any atom is -0.494 e. The quantitative estimate of drug-likeness (QED) is 0.847. The number of methoxy groups -OCH3 is 1. The van der Waals surface area contributed by atoms with E-state index in [2.05, 4.69) is 4.72 Å². The lowest BCUT2D eigenvalue weighted by Gasteiger charge is -2.10. The molecular weight excluding hydrogens is 340 g/mol. The van der Waals surface area contributed by atoms with Crippen LogP contribution in [0.5, 0.6) is 5.75 Å². The Labute approximate surface area is 136 Å². The summed E-state index contributed by atoms with van der Waals surface area (Å²) in [5, 5.41) is 1.59. The number of rotatable bonds is 4. The van der Waals surface area contributed by atoms with E-state index in [4.69, 9.17) is 4.74 Å². The van der Waals surface area contributed by atoms with Crippen LogP contribution in [0.1, 0.15) is 20.7 Å². The van der Waals surface area contributed by atoms with Gasteiger partial charge in [-0.2, -0.15) is 0 Å². The maximum atomic E-state index is 12.5. The molecule has 0 spiro atoms. The summed E-state index contributed by atoms with van der Waals surface area (Å²) in [6.45, 7) is 0. The van der Waals surface area contributed by atoms with Crippen LogP contribution in [0.15, 0.2) is 33.9 Å². The van der Waals surface area contributed by atoms with Crippen molar-refractivity contribution in [1.82, 2.24) is 4.90 Å². The number of carbonyl (C=O) groups excluding carboxylic acids is 2. The molecule has 0 atom stereocenters. The number of nitrogens with one attached hydrogen (secondary N) is 1. The van der Waals surface area contributed by atoms with E-state index >= 15 is 0 Å². The van der Waals surface area contributed by atoms with Crippen molar-refractivity contribution in [2.45, 2.75) is 4.21 Å². The van der Waals surface area contributed by atoms with Crippen LogP contribution < -0.4 is 9.46 Å². The van der Waals surface area contributed by atoms with E-state index in [9.17, 15) is 18.0 Å². The van der Waals surface area contributed by atoms with Crippen molar-refractivity contribution < 1.29 is 22.7 Å². The van der Waals surface area contributed by atoms with Crippen LogP contribution in [-0.4, -0.2) is 39.3 Å². The predicted octanol–water partition coefficient (Wildman–Crippen LogP) is 1.78. The van der Waals surface area contributed by atoms with Crippen LogP contribution in [-0.2, 0) is 10.0 Å². The van der Waals surface area contributed by atoms with Crippen molar-refractivity contribution in [2.75, 3.05) is 18.9 Å². The van der Waals surface area contributed by atoms with Crippen LogP contribution in [0.3, 0.4) is 0 Å². The summed E-state index contributed by atoms with van der Waals surface area (Å²) in [6.07, 6.45) is 0. The molecule has 7 nitrogen and oxygen atoms in total. The Balaban J connectivity index is 2.06. The van der Waals surface area contributed by atoms with E-state index in [1.165, 1.54) is 38.4 Å². The highest BCUT2D eigenvalue weighted by Crippen LogP contribution is 2.34. The Kier molecular flexibility index (Phi) is 3.61. The van der Waals surface area contributed by atoms with Crippen LogP contribution in [0.4, 0.5) is 5.69 Å². The average molecular weight is 352 g/mol. The lowest BCUT2D eigenvalue weighted by Crippen LogP contribution is -2.24. The van der Waals surface area contributed by atoms with Gasteiger partial charge in [0.2, 0.25) is 0 Å². The summed E-state index contributed by atoms with van der Waals surface area (Å²) in [4.78, 5) is 25.1. The lowest BCUT2D eigenvalue weighted by molar-refractivity contribution is 0.0693. The van der Waals surface area contributed by atoms with Crippen molar-refractivity contribution in [3.8, 4) is 5.75 Å². The Bertz CT molecular complexity index is 917. The minimum absolute atomic E-state index is 0.00253. The molecule has 9 heteroatoms. The third kappa shape index (κ3) is 2.37. The van der Waals surface area contributed by atoms with Gasteiger partial charge in [-0.25, -0.2) is 8.42 Å². The fourth-order valence-electron chi connectivity index (χ4n) is 2.31. The van der Waals surface area contributed by atoms with Crippen molar-refractivity contribution in [3.05, 3.63) is 40.8 Å². The third-order valence-corrected chi connectivity index (χ3v) is 6.23. The highest BCUT2D eigenvalue weighted by molar-refractivity contribution is 7.94. The zero-order valence-electron chi connectivity index (χ0n) is 12.2. The molecule has 0 saturated carbocycles. The van der Waals surface area contributed by atoms with Crippen molar-refractivity contribution in [3.63, 3.8) is 0 Å². The molecule has 1 aromatic carbocycles. The maximum Gasteiger partial charge on any atom is 0.275 e. The highest BCUT2D eigenvalue weighted by atomic mass is 32.2. The van der Waals surface area contributed by atoms with Crippen LogP contribution >= 0.6 is 11.3 Å². The fraction of sp³-hybridized carbons (Fsp3) is 0.143. The molecule has 0 radical (unpaired) electrons. The summed E-state index contributed by atoms with van der Waals surface area (Å²) in [6, 6.07) is 5.99. The zero-order chi connectivity index (χ0) is 16.8. The molecule has 120 valence electrons. The van der Waals surface area contributed by atoms with Crippen LogP contribution in [0.25, 0.3) is 0 Å². The molecule has 0 aliphatic carbocycles. The van der Waals surface area contributed by atoms with Gasteiger partial charge in [0.1, 0.15) is 5.75 Å². The molecule has 23 heavy (non-hydrogen) atoms. The summed E-state index contributed by atoms with van der Waals surface area (Å²) in [5.41, 5.74) is 0.301. The summed E-state index contributed by atoms with van der Waals surface area (Å²) in [7, 11) is -1.21. The second kappa shape index (κ2) is 5.36. The van der Waals surface area contributed by atoms with Crippen LogP contribution in [0.2, 0.25) is 0 Å². The van der Waals surface area contributed by atoms with Gasteiger partial charge in [-0.3, -0.25) is 19.2 Å². The van der Waals surface area contributed by atoms with Crippen molar-refractivity contribution >= 4 is 38.9 Å². The molecule has 2 amide bonds. The number of anilines is 1. The van der Waals surface area contributed by atoms with Gasteiger partial charge in [0.15, 0.2) is 4.21 Å². The molecule has 2 aromatic rings. The Hall–Kier alpha value is -2.39. The normalized spacial score (nSPS) is 14.1. The molecule has 0 saturated heterocycles. The molecule has 0 fully saturated rings. The lowest BCUT2D eigenvalue weighted by atomic mass is 10.1. The monoisotopic (exact) mass is 352 g/mol. The van der Waals surface area contributed by atoms with Gasteiger partial charge in [-0.05, 0) is 23.6 Å². The fourth-order valence-corrected chi connectivity index (χ4v) is 4.66. The first-order chi connectivity index (χ1) is 10.9. The molecule has 1 aromatic heterocycles. The van der Waals surface area contributed by atoms with Gasteiger partial charge in [0, 0.05) is 7.05 Å². The van der Waals surface area contributed by atoms with E-state index in [1.54, 1.807) is 5.38 Å². The highest BCUT2D eigenvalue weighted by Gasteiger charge is 2.36. The number of carbonyl (C=O) groups is 2. The first-order valence-corrected chi connectivity index (χ1v) is 8.83. The standard InChI is InChI=1S/C14H12N2O5S2/c1-16-12(17)8-4-3-5-9(11(8)13(16)18)15-23(19,20)14-10(21-2)6-7-22-14/h3-7,15H,1-2H3. The zero-order valence-corrected chi connectivity index (χ0v) is 13.8. The molecular formula is C14H12N2O5S2. The molecule has 2 heterocycles.